The van der Waals surface area contributed by atoms with Crippen molar-refractivity contribution in [2.75, 3.05) is 26.2 Å². The highest BCUT2D eigenvalue weighted by molar-refractivity contribution is 14.1. The average Bonchev–Trinajstić information content (AvgIpc) is 2.44. The minimum atomic E-state index is -4.13. The molecule has 1 fully saturated rings. The smallest absolute Gasteiger partial charge is 0.292 e. The van der Waals surface area contributed by atoms with Crippen molar-refractivity contribution in [3.05, 3.63) is 35.9 Å². The quantitative estimate of drug-likeness (QED) is 0.535. The Kier molecular flexibility index (Phi) is 6.31. The minimum absolute atomic E-state index is 0.0429. The number of benzene rings is 1. The van der Waals surface area contributed by atoms with Crippen LogP contribution in [-0.2, 0) is 6.42 Å². The van der Waals surface area contributed by atoms with Gasteiger partial charge in [-0.25, -0.2) is 3.11 Å². The Morgan fingerprint density at radius 1 is 1.14 bits per heavy atom. The van der Waals surface area contributed by atoms with Gasteiger partial charge in [-0.2, -0.15) is 13.2 Å². The zero-order chi connectivity index (χ0) is 15.3. The molecular formula is C15H20F3IN2. The topological polar surface area (TPSA) is 6.48 Å². The fourth-order valence-electron chi connectivity index (χ4n) is 2.74. The van der Waals surface area contributed by atoms with Crippen molar-refractivity contribution in [3.8, 4) is 0 Å². The van der Waals surface area contributed by atoms with E-state index in [0.29, 0.717) is 13.0 Å². The van der Waals surface area contributed by atoms with Crippen LogP contribution >= 0.6 is 22.9 Å². The van der Waals surface area contributed by atoms with Crippen LogP contribution in [0.15, 0.2) is 30.3 Å². The van der Waals surface area contributed by atoms with Gasteiger partial charge in [0.2, 0.25) is 0 Å². The Balaban J connectivity index is 1.95. The van der Waals surface area contributed by atoms with Crippen LogP contribution in [0.4, 0.5) is 13.2 Å². The molecular weight excluding hydrogens is 392 g/mol. The van der Waals surface area contributed by atoms with Gasteiger partial charge in [0.1, 0.15) is 0 Å². The molecule has 0 radical (unpaired) electrons. The highest BCUT2D eigenvalue weighted by atomic mass is 127. The molecule has 1 aromatic rings. The molecule has 0 unspecified atom stereocenters. The summed E-state index contributed by atoms with van der Waals surface area (Å²) in [4.78, 5) is 1.62. The van der Waals surface area contributed by atoms with Crippen molar-refractivity contribution in [1.29, 1.82) is 0 Å². The van der Waals surface area contributed by atoms with Gasteiger partial charge in [0.15, 0.2) is 0 Å². The van der Waals surface area contributed by atoms with Gasteiger partial charge in [-0.3, -0.25) is 4.90 Å². The lowest BCUT2D eigenvalue weighted by molar-refractivity contribution is -0.152. The first-order valence-corrected chi connectivity index (χ1v) is 8.16. The van der Waals surface area contributed by atoms with Crippen LogP contribution < -0.4 is 0 Å². The van der Waals surface area contributed by atoms with Crippen LogP contribution in [-0.4, -0.2) is 46.4 Å². The zero-order valence-corrected chi connectivity index (χ0v) is 14.0. The molecule has 6 heteroatoms. The van der Waals surface area contributed by atoms with Crippen LogP contribution in [0, 0.1) is 0 Å². The maximum absolute atomic E-state index is 12.8. The number of rotatable bonds is 5. The Hall–Kier alpha value is -0.340. The molecule has 2 nitrogen and oxygen atoms in total. The highest BCUT2D eigenvalue weighted by Gasteiger charge is 2.34. The highest BCUT2D eigenvalue weighted by Crippen LogP contribution is 2.24. The summed E-state index contributed by atoms with van der Waals surface area (Å²) in [5, 5.41) is 0. The van der Waals surface area contributed by atoms with Gasteiger partial charge < -0.3 is 0 Å². The molecule has 0 spiro atoms. The fourth-order valence-corrected chi connectivity index (χ4v) is 3.29. The van der Waals surface area contributed by atoms with E-state index in [9.17, 15) is 13.2 Å². The van der Waals surface area contributed by atoms with Gasteiger partial charge in [-0.05, 0) is 24.8 Å². The van der Waals surface area contributed by atoms with Gasteiger partial charge >= 0.3 is 6.18 Å². The van der Waals surface area contributed by atoms with E-state index in [1.807, 2.05) is 30.3 Å². The Bertz CT molecular complexity index is 417. The zero-order valence-electron chi connectivity index (χ0n) is 11.8. The first-order chi connectivity index (χ1) is 9.94. The van der Waals surface area contributed by atoms with Crippen LogP contribution in [0.25, 0.3) is 0 Å². The number of halogens is 4. The summed E-state index contributed by atoms with van der Waals surface area (Å²) >= 11 is 2.24. The summed E-state index contributed by atoms with van der Waals surface area (Å²) in [6.07, 6.45) is -1.83. The van der Waals surface area contributed by atoms with E-state index in [4.69, 9.17) is 0 Å². The molecule has 1 aliphatic rings. The van der Waals surface area contributed by atoms with Crippen LogP contribution in [0.1, 0.15) is 18.4 Å². The first kappa shape index (κ1) is 17.0. The maximum Gasteiger partial charge on any atom is 0.401 e. The van der Waals surface area contributed by atoms with E-state index in [2.05, 4.69) is 26.0 Å². The summed E-state index contributed by atoms with van der Waals surface area (Å²) in [5.74, 6) is 0. The van der Waals surface area contributed by atoms with E-state index >= 15 is 0 Å². The molecule has 0 N–H and O–H groups in total. The van der Waals surface area contributed by atoms with Gasteiger partial charge in [0.25, 0.3) is 0 Å². The number of hydrogen-bond acceptors (Lipinski definition) is 2. The largest absolute Gasteiger partial charge is 0.401 e. The summed E-state index contributed by atoms with van der Waals surface area (Å²) in [5.41, 5.74) is 1.09. The second-order valence-electron chi connectivity index (χ2n) is 5.46. The van der Waals surface area contributed by atoms with Crippen LogP contribution in [0.3, 0.4) is 0 Å². The van der Waals surface area contributed by atoms with Crippen molar-refractivity contribution in [2.24, 2.45) is 0 Å². The first-order valence-electron chi connectivity index (χ1n) is 7.19. The van der Waals surface area contributed by atoms with Gasteiger partial charge in [-0.1, -0.05) is 30.3 Å². The molecule has 1 saturated heterocycles. The lowest BCUT2D eigenvalue weighted by atomic mass is 10.0. The molecule has 0 amide bonds. The molecule has 0 aliphatic carbocycles. The summed E-state index contributed by atoms with van der Waals surface area (Å²) in [7, 11) is 0. The number of nitrogens with zero attached hydrogens (tertiary/aromatic N) is 2. The van der Waals surface area contributed by atoms with Crippen molar-refractivity contribution < 1.29 is 13.2 Å². The van der Waals surface area contributed by atoms with Gasteiger partial charge in [0.05, 0.1) is 6.54 Å². The van der Waals surface area contributed by atoms with E-state index in [1.54, 1.807) is 4.90 Å². The SMILES string of the molecule is FC(F)(F)CN(CCc1ccccc1)C1CCN(I)CC1. The standard InChI is InChI=1S/C15H20F3IN2/c16-15(17,18)12-20(14-7-10-21(19)11-8-14)9-6-13-4-2-1-3-5-13/h1-5,14H,6-12H2. The van der Waals surface area contributed by atoms with Crippen LogP contribution in [0.5, 0.6) is 0 Å². The molecule has 118 valence electrons. The third-order valence-corrected chi connectivity index (χ3v) is 4.80. The van der Waals surface area contributed by atoms with Gasteiger partial charge in [0, 0.05) is 48.5 Å². The summed E-state index contributed by atoms with van der Waals surface area (Å²) in [6.45, 7) is 1.40. The van der Waals surface area contributed by atoms with Gasteiger partial charge in [-0.15, -0.1) is 0 Å². The molecule has 0 bridgehead atoms. The van der Waals surface area contributed by atoms with E-state index < -0.39 is 12.7 Å². The van der Waals surface area contributed by atoms with Crippen molar-refractivity contribution in [1.82, 2.24) is 8.01 Å². The second kappa shape index (κ2) is 7.78. The van der Waals surface area contributed by atoms with Crippen molar-refractivity contribution >= 4 is 22.9 Å². The Morgan fingerprint density at radius 3 is 2.33 bits per heavy atom. The van der Waals surface area contributed by atoms with E-state index in [1.165, 1.54) is 0 Å². The number of piperidine rings is 1. The van der Waals surface area contributed by atoms with Crippen LogP contribution in [0.2, 0.25) is 0 Å². The molecule has 21 heavy (non-hydrogen) atoms. The second-order valence-corrected chi connectivity index (χ2v) is 6.83. The summed E-state index contributed by atoms with van der Waals surface area (Å²) < 4.78 is 40.6. The molecule has 1 aromatic carbocycles. The summed E-state index contributed by atoms with van der Waals surface area (Å²) in [6, 6.07) is 9.77. The normalized spacial score (nSPS) is 18.3. The third-order valence-electron chi connectivity index (χ3n) is 3.84. The molecule has 2 rings (SSSR count). The number of alkyl halides is 3. The van der Waals surface area contributed by atoms with Crippen molar-refractivity contribution in [3.63, 3.8) is 0 Å². The molecule has 1 aliphatic heterocycles. The predicted octanol–water partition coefficient (Wildman–Crippen LogP) is 3.91. The Morgan fingerprint density at radius 2 is 1.76 bits per heavy atom. The maximum atomic E-state index is 12.8. The average molecular weight is 412 g/mol. The lowest BCUT2D eigenvalue weighted by Crippen LogP contribution is -2.47. The van der Waals surface area contributed by atoms with E-state index in [0.717, 1.165) is 31.5 Å². The van der Waals surface area contributed by atoms with Crippen molar-refractivity contribution in [2.45, 2.75) is 31.5 Å². The third kappa shape index (κ3) is 6.12. The lowest BCUT2D eigenvalue weighted by Gasteiger charge is -2.37. The predicted molar refractivity (Wildman–Crippen MR) is 86.4 cm³/mol. The molecule has 0 atom stereocenters. The van der Waals surface area contributed by atoms with E-state index in [-0.39, 0.29) is 6.04 Å². The minimum Gasteiger partial charge on any atom is -0.292 e. The Labute approximate surface area is 137 Å². The monoisotopic (exact) mass is 412 g/mol. The number of hydrogen-bond donors (Lipinski definition) is 0. The molecule has 0 aromatic heterocycles. The molecule has 1 heterocycles. The molecule has 0 saturated carbocycles. The fraction of sp³-hybridized carbons (Fsp3) is 0.600.